The first-order valence-corrected chi connectivity index (χ1v) is 7.07. The van der Waals surface area contributed by atoms with E-state index in [1.54, 1.807) is 26.3 Å². The molecule has 0 atom stereocenters. The molecule has 0 aliphatic rings. The van der Waals surface area contributed by atoms with Gasteiger partial charge in [0.25, 0.3) is 0 Å². The number of halogens is 1. The number of benzene rings is 2. The monoisotopic (exact) mass is 301 g/mol. The van der Waals surface area contributed by atoms with E-state index in [-0.39, 0.29) is 5.82 Å². The molecule has 1 amide bonds. The zero-order chi connectivity index (χ0) is 16.3. The summed E-state index contributed by atoms with van der Waals surface area (Å²) in [6.07, 6.45) is 1.35. The predicted molar refractivity (Wildman–Crippen MR) is 86.1 cm³/mol. The Balaban J connectivity index is 2.50. The van der Waals surface area contributed by atoms with Crippen molar-refractivity contribution in [2.75, 3.05) is 19.1 Å². The molecule has 0 saturated carbocycles. The summed E-state index contributed by atoms with van der Waals surface area (Å²) in [5, 5.41) is 0. The van der Waals surface area contributed by atoms with Crippen LogP contribution in [-0.4, -0.2) is 20.6 Å². The average molecular weight is 301 g/mol. The number of anilines is 1. The first-order valence-electron chi connectivity index (χ1n) is 7.07. The third-order valence-corrected chi connectivity index (χ3v) is 3.93. The third kappa shape index (κ3) is 3.27. The van der Waals surface area contributed by atoms with Gasteiger partial charge < -0.3 is 9.64 Å². The summed E-state index contributed by atoms with van der Waals surface area (Å²) in [6.45, 7) is 3.92. The Morgan fingerprint density at radius 3 is 2.55 bits per heavy atom. The van der Waals surface area contributed by atoms with Crippen LogP contribution in [0.3, 0.4) is 0 Å². The molecule has 22 heavy (non-hydrogen) atoms. The number of hydrogen-bond acceptors (Lipinski definition) is 2. The molecule has 0 spiro atoms. The van der Waals surface area contributed by atoms with Gasteiger partial charge in [-0.05, 0) is 60.7 Å². The minimum Gasteiger partial charge on any atom is -0.497 e. The summed E-state index contributed by atoms with van der Waals surface area (Å²) < 4.78 is 18.8. The Morgan fingerprint density at radius 2 is 1.91 bits per heavy atom. The number of hydrogen-bond donors (Lipinski definition) is 0. The molecule has 3 nitrogen and oxygen atoms in total. The maximum Gasteiger partial charge on any atom is 0.213 e. The van der Waals surface area contributed by atoms with E-state index >= 15 is 0 Å². The van der Waals surface area contributed by atoms with Crippen molar-refractivity contribution in [1.82, 2.24) is 0 Å². The molecular formula is C18H20FNO2. The van der Waals surface area contributed by atoms with Crippen LogP contribution >= 0.6 is 0 Å². The summed E-state index contributed by atoms with van der Waals surface area (Å²) in [6, 6.07) is 8.55. The summed E-state index contributed by atoms with van der Waals surface area (Å²) in [5.74, 6) is 0.435. The largest absolute Gasteiger partial charge is 0.497 e. The van der Waals surface area contributed by atoms with Gasteiger partial charge in [-0.2, -0.15) is 0 Å². The number of carbonyl (C=O) groups is 1. The molecule has 0 aromatic heterocycles. The highest BCUT2D eigenvalue weighted by Gasteiger charge is 2.13. The van der Waals surface area contributed by atoms with Gasteiger partial charge in [-0.25, -0.2) is 4.39 Å². The zero-order valence-electron chi connectivity index (χ0n) is 13.3. The SMILES string of the molecule is COc1cc(Cc2cc(F)ccc2C)c(C)c(N(C)C=O)c1. The highest BCUT2D eigenvalue weighted by atomic mass is 19.1. The van der Waals surface area contributed by atoms with Gasteiger partial charge in [0.05, 0.1) is 7.11 Å². The molecule has 4 heteroatoms. The van der Waals surface area contributed by atoms with Gasteiger partial charge in [0.2, 0.25) is 6.41 Å². The second kappa shape index (κ2) is 6.60. The number of ether oxygens (including phenoxy) is 1. The smallest absolute Gasteiger partial charge is 0.213 e. The molecule has 2 aromatic rings. The molecule has 0 heterocycles. The third-order valence-electron chi connectivity index (χ3n) is 3.93. The molecule has 0 bridgehead atoms. The number of carbonyl (C=O) groups excluding carboxylic acids is 1. The van der Waals surface area contributed by atoms with Gasteiger partial charge in [-0.3, -0.25) is 4.79 Å². The summed E-state index contributed by atoms with van der Waals surface area (Å²) in [5.41, 5.74) is 4.75. The maximum absolute atomic E-state index is 13.5. The van der Waals surface area contributed by atoms with Crippen LogP contribution in [0.5, 0.6) is 5.75 Å². The summed E-state index contributed by atoms with van der Waals surface area (Å²) in [4.78, 5) is 12.6. The van der Waals surface area contributed by atoms with E-state index in [1.807, 2.05) is 26.0 Å². The summed E-state index contributed by atoms with van der Waals surface area (Å²) >= 11 is 0. The number of amides is 1. The topological polar surface area (TPSA) is 29.5 Å². The van der Waals surface area contributed by atoms with Gasteiger partial charge >= 0.3 is 0 Å². The molecule has 2 rings (SSSR count). The zero-order valence-corrected chi connectivity index (χ0v) is 13.3. The van der Waals surface area contributed by atoms with Crippen molar-refractivity contribution < 1.29 is 13.9 Å². The van der Waals surface area contributed by atoms with Crippen molar-refractivity contribution in [3.05, 3.63) is 58.4 Å². The standard InChI is InChI=1S/C18H20FNO2/c1-12-5-6-16(19)8-14(12)7-15-9-17(22-4)10-18(13(15)2)20(3)11-21/h5-6,8-11H,7H2,1-4H3. The maximum atomic E-state index is 13.5. The molecule has 0 aliphatic carbocycles. The van der Waals surface area contributed by atoms with E-state index in [4.69, 9.17) is 4.74 Å². The first kappa shape index (κ1) is 16.0. The second-order valence-corrected chi connectivity index (χ2v) is 5.39. The number of aryl methyl sites for hydroxylation is 1. The lowest BCUT2D eigenvalue weighted by Crippen LogP contribution is -2.16. The Bertz CT molecular complexity index is 698. The van der Waals surface area contributed by atoms with Crippen LogP contribution in [-0.2, 0) is 11.2 Å². The van der Waals surface area contributed by atoms with Crippen molar-refractivity contribution >= 4 is 12.1 Å². The number of rotatable bonds is 5. The molecular weight excluding hydrogens is 281 g/mol. The Labute approximate surface area is 130 Å². The van der Waals surface area contributed by atoms with E-state index in [9.17, 15) is 9.18 Å². The molecule has 0 unspecified atom stereocenters. The van der Waals surface area contributed by atoms with Crippen LogP contribution in [0.2, 0.25) is 0 Å². The van der Waals surface area contributed by atoms with Gasteiger partial charge in [0, 0.05) is 18.8 Å². The molecule has 0 N–H and O–H groups in total. The van der Waals surface area contributed by atoms with E-state index < -0.39 is 0 Å². The number of nitrogens with zero attached hydrogens (tertiary/aromatic N) is 1. The minimum atomic E-state index is -0.244. The van der Waals surface area contributed by atoms with Crippen LogP contribution < -0.4 is 9.64 Å². The lowest BCUT2D eigenvalue weighted by atomic mass is 9.96. The lowest BCUT2D eigenvalue weighted by Gasteiger charge is -2.19. The van der Waals surface area contributed by atoms with Gasteiger partial charge in [-0.1, -0.05) is 6.07 Å². The van der Waals surface area contributed by atoms with E-state index in [2.05, 4.69) is 0 Å². The van der Waals surface area contributed by atoms with Crippen LogP contribution in [0.25, 0.3) is 0 Å². The van der Waals surface area contributed by atoms with E-state index in [0.29, 0.717) is 12.2 Å². The molecule has 2 aromatic carbocycles. The van der Waals surface area contributed by atoms with E-state index in [0.717, 1.165) is 34.4 Å². The lowest BCUT2D eigenvalue weighted by molar-refractivity contribution is -0.107. The first-order chi connectivity index (χ1) is 10.5. The number of methoxy groups -OCH3 is 1. The van der Waals surface area contributed by atoms with Gasteiger partial charge in [0.1, 0.15) is 11.6 Å². The summed E-state index contributed by atoms with van der Waals surface area (Å²) in [7, 11) is 3.29. The Kier molecular flexibility index (Phi) is 4.81. The fourth-order valence-corrected chi connectivity index (χ4v) is 2.49. The van der Waals surface area contributed by atoms with Crippen LogP contribution in [0, 0.1) is 19.7 Å². The average Bonchev–Trinajstić information content (AvgIpc) is 2.52. The fourth-order valence-electron chi connectivity index (χ4n) is 2.49. The van der Waals surface area contributed by atoms with Crippen molar-refractivity contribution in [1.29, 1.82) is 0 Å². The molecule has 0 saturated heterocycles. The minimum absolute atomic E-state index is 0.244. The highest BCUT2D eigenvalue weighted by molar-refractivity contribution is 5.77. The van der Waals surface area contributed by atoms with Gasteiger partial charge in [0.15, 0.2) is 0 Å². The Hall–Kier alpha value is -2.36. The van der Waals surface area contributed by atoms with Crippen LogP contribution in [0.1, 0.15) is 22.3 Å². The van der Waals surface area contributed by atoms with Crippen molar-refractivity contribution in [3.63, 3.8) is 0 Å². The fraction of sp³-hybridized carbons (Fsp3) is 0.278. The van der Waals surface area contributed by atoms with Crippen molar-refractivity contribution in [2.24, 2.45) is 0 Å². The van der Waals surface area contributed by atoms with Crippen molar-refractivity contribution in [2.45, 2.75) is 20.3 Å². The quantitative estimate of drug-likeness (QED) is 0.789. The van der Waals surface area contributed by atoms with Gasteiger partial charge in [-0.15, -0.1) is 0 Å². The Morgan fingerprint density at radius 1 is 1.18 bits per heavy atom. The molecule has 116 valence electrons. The van der Waals surface area contributed by atoms with Crippen LogP contribution in [0.15, 0.2) is 30.3 Å². The molecule has 0 aliphatic heterocycles. The highest BCUT2D eigenvalue weighted by Crippen LogP contribution is 2.30. The predicted octanol–water partition coefficient (Wildman–Crippen LogP) is 3.63. The normalized spacial score (nSPS) is 10.4. The second-order valence-electron chi connectivity index (χ2n) is 5.39. The molecule has 0 fully saturated rings. The van der Waals surface area contributed by atoms with Crippen LogP contribution in [0.4, 0.5) is 10.1 Å². The van der Waals surface area contributed by atoms with E-state index in [1.165, 1.54) is 11.0 Å². The van der Waals surface area contributed by atoms with Crippen molar-refractivity contribution in [3.8, 4) is 5.75 Å². The molecule has 0 radical (unpaired) electrons.